The first-order chi connectivity index (χ1) is 11.2. The Labute approximate surface area is 137 Å². The van der Waals surface area contributed by atoms with Gasteiger partial charge in [0.1, 0.15) is 11.9 Å². The number of amides is 1. The van der Waals surface area contributed by atoms with Gasteiger partial charge in [-0.15, -0.1) is 0 Å². The van der Waals surface area contributed by atoms with Crippen molar-refractivity contribution < 1.29 is 14.3 Å². The van der Waals surface area contributed by atoms with Crippen molar-refractivity contribution in [3.63, 3.8) is 0 Å². The normalized spacial score (nSPS) is 20.4. The number of benzene rings is 1. The molecule has 0 radical (unpaired) electrons. The second-order valence-electron chi connectivity index (χ2n) is 6.53. The molecule has 2 aliphatic rings. The zero-order valence-electron chi connectivity index (χ0n) is 13.6. The molecule has 1 aromatic rings. The van der Waals surface area contributed by atoms with E-state index in [2.05, 4.69) is 0 Å². The summed E-state index contributed by atoms with van der Waals surface area (Å²) >= 11 is 0. The SMILES string of the molecule is Nc1ccc(OC2CCN(C(=O)CC3CCOCC3)CC2)cc1. The van der Waals surface area contributed by atoms with Crippen LogP contribution in [0.15, 0.2) is 24.3 Å². The zero-order chi connectivity index (χ0) is 16.1. The molecule has 2 N–H and O–H groups in total. The lowest BCUT2D eigenvalue weighted by molar-refractivity contribution is -0.134. The molecular weight excluding hydrogens is 292 g/mol. The summed E-state index contributed by atoms with van der Waals surface area (Å²) in [6.07, 6.45) is 4.68. The number of anilines is 1. The molecule has 126 valence electrons. The van der Waals surface area contributed by atoms with Crippen LogP contribution in [-0.2, 0) is 9.53 Å². The molecule has 2 saturated heterocycles. The van der Waals surface area contributed by atoms with Gasteiger partial charge in [0.05, 0.1) is 0 Å². The van der Waals surface area contributed by atoms with Gasteiger partial charge in [-0.25, -0.2) is 0 Å². The summed E-state index contributed by atoms with van der Waals surface area (Å²) < 4.78 is 11.3. The predicted molar refractivity (Wildman–Crippen MR) is 89.2 cm³/mol. The van der Waals surface area contributed by atoms with Crippen molar-refractivity contribution >= 4 is 11.6 Å². The van der Waals surface area contributed by atoms with E-state index in [0.29, 0.717) is 18.2 Å². The molecule has 23 heavy (non-hydrogen) atoms. The van der Waals surface area contributed by atoms with Crippen molar-refractivity contribution in [3.8, 4) is 5.75 Å². The van der Waals surface area contributed by atoms with E-state index in [9.17, 15) is 4.79 Å². The van der Waals surface area contributed by atoms with E-state index in [0.717, 1.165) is 63.4 Å². The zero-order valence-corrected chi connectivity index (χ0v) is 13.6. The Hall–Kier alpha value is -1.75. The Kier molecular flexibility index (Phi) is 5.39. The minimum atomic E-state index is 0.186. The van der Waals surface area contributed by atoms with Gasteiger partial charge in [0.25, 0.3) is 0 Å². The van der Waals surface area contributed by atoms with E-state index in [-0.39, 0.29) is 6.10 Å². The average molecular weight is 318 g/mol. The van der Waals surface area contributed by atoms with Crippen LogP contribution < -0.4 is 10.5 Å². The van der Waals surface area contributed by atoms with Gasteiger partial charge in [0.2, 0.25) is 5.91 Å². The first-order valence-corrected chi connectivity index (χ1v) is 8.58. The number of nitrogens with two attached hydrogens (primary N) is 1. The molecule has 0 bridgehead atoms. The lowest BCUT2D eigenvalue weighted by Crippen LogP contribution is -2.42. The van der Waals surface area contributed by atoms with Crippen molar-refractivity contribution in [2.24, 2.45) is 5.92 Å². The molecule has 5 heteroatoms. The van der Waals surface area contributed by atoms with Crippen LogP contribution in [-0.4, -0.2) is 43.2 Å². The summed E-state index contributed by atoms with van der Waals surface area (Å²) in [5, 5.41) is 0. The summed E-state index contributed by atoms with van der Waals surface area (Å²) in [5.74, 6) is 1.65. The van der Waals surface area contributed by atoms with Crippen molar-refractivity contribution in [3.05, 3.63) is 24.3 Å². The highest BCUT2D eigenvalue weighted by molar-refractivity contribution is 5.76. The van der Waals surface area contributed by atoms with Gasteiger partial charge in [-0.05, 0) is 43.0 Å². The van der Waals surface area contributed by atoms with E-state index >= 15 is 0 Å². The first-order valence-electron chi connectivity index (χ1n) is 8.58. The van der Waals surface area contributed by atoms with Crippen LogP contribution in [0, 0.1) is 5.92 Å². The first kappa shape index (κ1) is 16.1. The lowest BCUT2D eigenvalue weighted by atomic mass is 9.95. The molecule has 2 aliphatic heterocycles. The lowest BCUT2D eigenvalue weighted by Gasteiger charge is -2.33. The van der Waals surface area contributed by atoms with Crippen molar-refractivity contribution in [1.29, 1.82) is 0 Å². The number of ether oxygens (including phenoxy) is 2. The number of rotatable bonds is 4. The van der Waals surface area contributed by atoms with E-state index in [4.69, 9.17) is 15.2 Å². The number of piperidine rings is 1. The summed E-state index contributed by atoms with van der Waals surface area (Å²) in [5.41, 5.74) is 6.42. The third kappa shape index (κ3) is 4.61. The van der Waals surface area contributed by atoms with E-state index < -0.39 is 0 Å². The van der Waals surface area contributed by atoms with Crippen LogP contribution in [0.4, 0.5) is 5.69 Å². The smallest absolute Gasteiger partial charge is 0.222 e. The number of likely N-dealkylation sites (tertiary alicyclic amines) is 1. The Morgan fingerprint density at radius 3 is 2.43 bits per heavy atom. The highest BCUT2D eigenvalue weighted by Gasteiger charge is 2.26. The molecular formula is C18H26N2O3. The molecule has 0 unspecified atom stereocenters. The number of carbonyl (C=O) groups is 1. The second kappa shape index (κ2) is 7.68. The number of hydrogen-bond acceptors (Lipinski definition) is 4. The van der Waals surface area contributed by atoms with Crippen molar-refractivity contribution in [1.82, 2.24) is 4.90 Å². The molecule has 0 atom stereocenters. The Bertz CT molecular complexity index is 504. The fourth-order valence-electron chi connectivity index (χ4n) is 3.29. The molecule has 1 aromatic carbocycles. The predicted octanol–water partition coefficient (Wildman–Crippen LogP) is 2.46. The van der Waals surface area contributed by atoms with E-state index in [1.807, 2.05) is 29.2 Å². The molecule has 0 aromatic heterocycles. The summed E-state index contributed by atoms with van der Waals surface area (Å²) in [6, 6.07) is 7.50. The molecule has 0 aliphatic carbocycles. The Morgan fingerprint density at radius 1 is 1.13 bits per heavy atom. The van der Waals surface area contributed by atoms with E-state index in [1.165, 1.54) is 0 Å². The standard InChI is InChI=1S/C18H26N2O3/c19-15-1-3-16(4-2-15)23-17-5-9-20(10-6-17)18(21)13-14-7-11-22-12-8-14/h1-4,14,17H,5-13,19H2. The van der Waals surface area contributed by atoms with Gasteiger partial charge < -0.3 is 20.1 Å². The average Bonchev–Trinajstić information content (AvgIpc) is 2.58. The maximum absolute atomic E-state index is 12.4. The molecule has 2 fully saturated rings. The molecule has 2 heterocycles. The van der Waals surface area contributed by atoms with Gasteiger partial charge >= 0.3 is 0 Å². The summed E-state index contributed by atoms with van der Waals surface area (Å²) in [6.45, 7) is 3.19. The third-order valence-electron chi connectivity index (χ3n) is 4.78. The number of nitrogen functional groups attached to an aromatic ring is 1. The highest BCUT2D eigenvalue weighted by atomic mass is 16.5. The maximum Gasteiger partial charge on any atom is 0.222 e. The largest absolute Gasteiger partial charge is 0.490 e. The Morgan fingerprint density at radius 2 is 1.78 bits per heavy atom. The molecule has 3 rings (SSSR count). The van der Waals surface area contributed by atoms with Gasteiger partial charge in [-0.2, -0.15) is 0 Å². The summed E-state index contributed by atoms with van der Waals surface area (Å²) in [4.78, 5) is 14.4. The maximum atomic E-state index is 12.4. The third-order valence-corrected chi connectivity index (χ3v) is 4.78. The van der Waals surface area contributed by atoms with Crippen LogP contribution in [0.5, 0.6) is 5.75 Å². The molecule has 1 amide bonds. The molecule has 0 spiro atoms. The monoisotopic (exact) mass is 318 g/mol. The second-order valence-corrected chi connectivity index (χ2v) is 6.53. The molecule has 0 saturated carbocycles. The minimum absolute atomic E-state index is 0.186. The van der Waals surface area contributed by atoms with Gasteiger partial charge in [-0.3, -0.25) is 4.79 Å². The van der Waals surface area contributed by atoms with Crippen molar-refractivity contribution in [2.45, 2.75) is 38.2 Å². The minimum Gasteiger partial charge on any atom is -0.490 e. The topological polar surface area (TPSA) is 64.8 Å². The van der Waals surface area contributed by atoms with Gasteiger partial charge in [0, 0.05) is 51.3 Å². The fourth-order valence-corrected chi connectivity index (χ4v) is 3.29. The van der Waals surface area contributed by atoms with Crippen LogP contribution in [0.3, 0.4) is 0 Å². The van der Waals surface area contributed by atoms with Crippen LogP contribution >= 0.6 is 0 Å². The molecule has 5 nitrogen and oxygen atoms in total. The van der Waals surface area contributed by atoms with Gasteiger partial charge in [-0.1, -0.05) is 0 Å². The number of carbonyl (C=O) groups excluding carboxylic acids is 1. The van der Waals surface area contributed by atoms with Gasteiger partial charge in [0.15, 0.2) is 0 Å². The Balaban J connectivity index is 1.42. The van der Waals surface area contributed by atoms with Crippen LogP contribution in [0.2, 0.25) is 0 Å². The highest BCUT2D eigenvalue weighted by Crippen LogP contribution is 2.23. The quantitative estimate of drug-likeness (QED) is 0.866. The number of hydrogen-bond donors (Lipinski definition) is 1. The van der Waals surface area contributed by atoms with E-state index in [1.54, 1.807) is 0 Å². The number of nitrogens with zero attached hydrogens (tertiary/aromatic N) is 1. The van der Waals surface area contributed by atoms with Crippen molar-refractivity contribution in [2.75, 3.05) is 32.0 Å². The van der Waals surface area contributed by atoms with Crippen LogP contribution in [0.1, 0.15) is 32.1 Å². The fraction of sp³-hybridized carbons (Fsp3) is 0.611. The summed E-state index contributed by atoms with van der Waals surface area (Å²) in [7, 11) is 0. The van der Waals surface area contributed by atoms with Crippen LogP contribution in [0.25, 0.3) is 0 Å².